The van der Waals surface area contributed by atoms with Crippen molar-refractivity contribution < 1.29 is 32.2 Å². The van der Waals surface area contributed by atoms with E-state index in [1.807, 2.05) is 18.2 Å². The van der Waals surface area contributed by atoms with Crippen LogP contribution in [0.4, 0.5) is 13.2 Å². The van der Waals surface area contributed by atoms with Crippen LogP contribution in [0.25, 0.3) is 0 Å². The standard InChI is InChI=1S/C22H21F3N2O4/c23-22(24,25)16-3-1-2-14(6-16)9-27-17-10-26(11-20(17)29-12-21(27)28)8-15-4-5-18-19(7-15)31-13-30-18/h1-7,17,20H,8-13H2/t17-,20+/m1/s1. The van der Waals surface area contributed by atoms with Gasteiger partial charge in [0.05, 0.1) is 17.7 Å². The molecular formula is C22H21F3N2O4. The maximum Gasteiger partial charge on any atom is 0.416 e. The Morgan fingerprint density at radius 2 is 1.77 bits per heavy atom. The smallest absolute Gasteiger partial charge is 0.416 e. The Kier molecular flexibility index (Phi) is 5.02. The van der Waals surface area contributed by atoms with Gasteiger partial charge >= 0.3 is 6.18 Å². The quantitative estimate of drug-likeness (QED) is 0.741. The number of nitrogens with zero attached hydrogens (tertiary/aromatic N) is 2. The van der Waals surface area contributed by atoms with Crippen molar-refractivity contribution in [3.63, 3.8) is 0 Å². The Balaban J connectivity index is 1.30. The first kappa shape index (κ1) is 20.1. The van der Waals surface area contributed by atoms with Crippen molar-refractivity contribution in [1.29, 1.82) is 0 Å². The highest BCUT2D eigenvalue weighted by Gasteiger charge is 2.43. The third-order valence-corrected chi connectivity index (χ3v) is 5.90. The van der Waals surface area contributed by atoms with Crippen molar-refractivity contribution >= 4 is 5.91 Å². The molecule has 164 valence electrons. The van der Waals surface area contributed by atoms with Crippen molar-refractivity contribution in [3.8, 4) is 11.5 Å². The molecule has 9 heteroatoms. The van der Waals surface area contributed by atoms with Gasteiger partial charge in [0.1, 0.15) is 6.61 Å². The molecule has 2 fully saturated rings. The van der Waals surface area contributed by atoms with Gasteiger partial charge in [0.15, 0.2) is 11.5 Å². The van der Waals surface area contributed by atoms with Crippen LogP contribution in [0.2, 0.25) is 0 Å². The molecule has 6 nitrogen and oxygen atoms in total. The van der Waals surface area contributed by atoms with Crippen LogP contribution in [0.1, 0.15) is 16.7 Å². The number of hydrogen-bond donors (Lipinski definition) is 0. The highest BCUT2D eigenvalue weighted by molar-refractivity contribution is 5.78. The van der Waals surface area contributed by atoms with Gasteiger partial charge in [0, 0.05) is 26.2 Å². The van der Waals surface area contributed by atoms with E-state index in [9.17, 15) is 18.0 Å². The number of likely N-dealkylation sites (tertiary alicyclic amines) is 1. The van der Waals surface area contributed by atoms with Crippen LogP contribution in [0, 0.1) is 0 Å². The number of carbonyl (C=O) groups excluding carboxylic acids is 1. The Hall–Kier alpha value is -2.78. The molecule has 0 unspecified atom stereocenters. The van der Waals surface area contributed by atoms with Crippen LogP contribution >= 0.6 is 0 Å². The van der Waals surface area contributed by atoms with Gasteiger partial charge in [0.2, 0.25) is 12.7 Å². The third-order valence-electron chi connectivity index (χ3n) is 5.90. The normalized spacial score (nSPS) is 23.3. The minimum absolute atomic E-state index is 0.0575. The first-order chi connectivity index (χ1) is 14.9. The fraction of sp³-hybridized carbons (Fsp3) is 0.409. The Bertz CT molecular complexity index is 997. The monoisotopic (exact) mass is 434 g/mol. The SMILES string of the molecule is O=C1CO[C@H]2CN(Cc3ccc4c(c3)OCO4)C[C@H]2N1Cc1cccc(C(F)(F)F)c1. The predicted octanol–water partition coefficient (Wildman–Crippen LogP) is 3.05. The molecule has 0 aliphatic carbocycles. The van der Waals surface area contributed by atoms with E-state index in [-0.39, 0.29) is 38.0 Å². The van der Waals surface area contributed by atoms with Gasteiger partial charge in [-0.25, -0.2) is 0 Å². The molecule has 2 aromatic rings. The lowest BCUT2D eigenvalue weighted by molar-refractivity contribution is -0.153. The van der Waals surface area contributed by atoms with E-state index in [1.54, 1.807) is 11.0 Å². The number of rotatable bonds is 4. The summed E-state index contributed by atoms with van der Waals surface area (Å²) in [5, 5.41) is 0. The lowest BCUT2D eigenvalue weighted by Gasteiger charge is -2.37. The summed E-state index contributed by atoms with van der Waals surface area (Å²) in [6.07, 6.45) is -4.58. The first-order valence-electron chi connectivity index (χ1n) is 10.0. The van der Waals surface area contributed by atoms with E-state index in [4.69, 9.17) is 14.2 Å². The van der Waals surface area contributed by atoms with Gasteiger partial charge in [0.25, 0.3) is 0 Å². The molecule has 1 amide bonds. The van der Waals surface area contributed by atoms with Gasteiger partial charge in [-0.1, -0.05) is 18.2 Å². The lowest BCUT2D eigenvalue weighted by atomic mass is 10.1. The molecule has 0 spiro atoms. The van der Waals surface area contributed by atoms with E-state index >= 15 is 0 Å². The lowest BCUT2D eigenvalue weighted by Crippen LogP contribution is -2.53. The third kappa shape index (κ3) is 4.07. The van der Waals surface area contributed by atoms with Crippen LogP contribution in [0.15, 0.2) is 42.5 Å². The largest absolute Gasteiger partial charge is 0.454 e. The fourth-order valence-corrected chi connectivity index (χ4v) is 4.42. The van der Waals surface area contributed by atoms with Crippen molar-refractivity contribution in [1.82, 2.24) is 9.80 Å². The first-order valence-corrected chi connectivity index (χ1v) is 10.0. The number of ether oxygens (including phenoxy) is 3. The fourth-order valence-electron chi connectivity index (χ4n) is 4.42. The molecule has 3 aliphatic rings. The van der Waals surface area contributed by atoms with E-state index in [2.05, 4.69) is 4.90 Å². The summed E-state index contributed by atoms with van der Waals surface area (Å²) in [7, 11) is 0. The van der Waals surface area contributed by atoms with Gasteiger partial charge in [-0.15, -0.1) is 0 Å². The molecule has 2 aromatic carbocycles. The number of carbonyl (C=O) groups is 1. The summed E-state index contributed by atoms with van der Waals surface area (Å²) in [5.41, 5.74) is 0.801. The molecule has 2 saturated heterocycles. The van der Waals surface area contributed by atoms with E-state index in [0.29, 0.717) is 30.9 Å². The van der Waals surface area contributed by atoms with Gasteiger partial charge in [-0.05, 0) is 35.4 Å². The van der Waals surface area contributed by atoms with Gasteiger partial charge < -0.3 is 19.1 Å². The van der Waals surface area contributed by atoms with E-state index in [0.717, 1.165) is 23.4 Å². The number of benzene rings is 2. The Morgan fingerprint density at radius 3 is 2.61 bits per heavy atom. The van der Waals surface area contributed by atoms with Crippen molar-refractivity contribution in [2.24, 2.45) is 0 Å². The molecule has 0 radical (unpaired) electrons. The molecule has 5 rings (SSSR count). The summed E-state index contributed by atoms with van der Waals surface area (Å²) in [6.45, 7) is 2.17. The van der Waals surface area contributed by atoms with Crippen molar-refractivity contribution in [3.05, 3.63) is 59.2 Å². The van der Waals surface area contributed by atoms with E-state index < -0.39 is 11.7 Å². The zero-order valence-corrected chi connectivity index (χ0v) is 16.6. The second-order valence-corrected chi connectivity index (χ2v) is 8.02. The molecule has 3 aliphatic heterocycles. The summed E-state index contributed by atoms with van der Waals surface area (Å²) >= 11 is 0. The molecule has 0 saturated carbocycles. The van der Waals surface area contributed by atoms with Crippen LogP contribution in [0.5, 0.6) is 11.5 Å². The summed E-state index contributed by atoms with van der Waals surface area (Å²) in [6, 6.07) is 10.7. The minimum Gasteiger partial charge on any atom is -0.454 e. The zero-order chi connectivity index (χ0) is 21.6. The number of fused-ring (bicyclic) bond motifs is 2. The van der Waals surface area contributed by atoms with Crippen LogP contribution in [-0.2, 0) is 28.8 Å². The average molecular weight is 434 g/mol. The second kappa shape index (κ2) is 7.72. The Labute approximate surface area is 177 Å². The van der Waals surface area contributed by atoms with Gasteiger partial charge in [-0.2, -0.15) is 13.2 Å². The van der Waals surface area contributed by atoms with Crippen LogP contribution in [0.3, 0.4) is 0 Å². The summed E-state index contributed by atoms with van der Waals surface area (Å²) < 4.78 is 55.7. The van der Waals surface area contributed by atoms with Crippen molar-refractivity contribution in [2.75, 3.05) is 26.5 Å². The average Bonchev–Trinajstić information content (AvgIpc) is 3.36. The van der Waals surface area contributed by atoms with Gasteiger partial charge in [-0.3, -0.25) is 9.69 Å². The van der Waals surface area contributed by atoms with Crippen LogP contribution in [-0.4, -0.2) is 54.3 Å². The molecule has 0 bridgehead atoms. The molecule has 31 heavy (non-hydrogen) atoms. The molecule has 3 heterocycles. The summed E-state index contributed by atoms with van der Waals surface area (Å²) in [4.78, 5) is 16.4. The van der Waals surface area contributed by atoms with E-state index in [1.165, 1.54) is 6.07 Å². The molecule has 0 N–H and O–H groups in total. The number of alkyl halides is 3. The molecule has 0 aromatic heterocycles. The Morgan fingerprint density at radius 1 is 0.968 bits per heavy atom. The maximum absolute atomic E-state index is 13.1. The maximum atomic E-state index is 13.1. The van der Waals surface area contributed by atoms with Crippen molar-refractivity contribution in [2.45, 2.75) is 31.4 Å². The summed E-state index contributed by atoms with van der Waals surface area (Å²) in [5.74, 6) is 1.23. The predicted molar refractivity (Wildman–Crippen MR) is 103 cm³/mol. The zero-order valence-electron chi connectivity index (χ0n) is 16.6. The number of hydrogen-bond acceptors (Lipinski definition) is 5. The molecule has 2 atom stereocenters. The number of morpholine rings is 1. The minimum atomic E-state index is -4.41. The second-order valence-electron chi connectivity index (χ2n) is 8.02. The van der Waals surface area contributed by atoms with Crippen LogP contribution < -0.4 is 9.47 Å². The number of halogens is 3. The molecular weight excluding hydrogens is 413 g/mol. The number of amides is 1. The topological polar surface area (TPSA) is 51.2 Å². The highest BCUT2D eigenvalue weighted by atomic mass is 19.4. The highest BCUT2D eigenvalue weighted by Crippen LogP contribution is 2.34.